The lowest BCUT2D eigenvalue weighted by Crippen LogP contribution is -2.46. The highest BCUT2D eigenvalue weighted by Crippen LogP contribution is 2.33. The standard InChI is InChI=1S/C25H33N3O4S.C2HF3O2/c1-18-14-19(2)16-22(15-18)33(31,32)26-23-17-20(25(29)30)6-7-24(23)28-12-8-21(9-13-28)27-10-4-3-5-11-27;3-2(4,5)1(6)7/h6-7,14-17,21,26H,3-5,8-13H2,1-2H3,(H,29,30);(H,6,7). The third-order valence-corrected chi connectivity index (χ3v) is 8.29. The van der Waals surface area contributed by atoms with Crippen LogP contribution in [0.5, 0.6) is 0 Å². The van der Waals surface area contributed by atoms with E-state index in [4.69, 9.17) is 9.90 Å². The number of piperidine rings is 2. The monoisotopic (exact) mass is 585 g/mol. The fraction of sp³-hybridized carbons (Fsp3) is 0.481. The molecule has 13 heteroatoms. The number of hydrogen-bond donors (Lipinski definition) is 3. The number of anilines is 2. The number of carboxylic acids is 2. The number of likely N-dealkylation sites (tertiary alicyclic amines) is 1. The summed E-state index contributed by atoms with van der Waals surface area (Å²) in [4.78, 5) is 25.4. The first kappa shape index (κ1) is 31.2. The van der Waals surface area contributed by atoms with Gasteiger partial charge in [0.2, 0.25) is 0 Å². The molecule has 2 fully saturated rings. The van der Waals surface area contributed by atoms with Crippen molar-refractivity contribution in [1.29, 1.82) is 0 Å². The minimum atomic E-state index is -5.08. The molecule has 2 aromatic rings. The first-order valence-corrected chi connectivity index (χ1v) is 14.4. The molecule has 2 aromatic carbocycles. The summed E-state index contributed by atoms with van der Waals surface area (Å²) in [7, 11) is -3.87. The van der Waals surface area contributed by atoms with Crippen LogP contribution in [0.15, 0.2) is 41.3 Å². The predicted molar refractivity (Wildman–Crippen MR) is 144 cm³/mol. The summed E-state index contributed by atoms with van der Waals surface area (Å²) in [6, 6.07) is 10.4. The molecule has 0 unspecified atom stereocenters. The lowest BCUT2D eigenvalue weighted by atomic mass is 9.99. The Morgan fingerprint density at radius 1 is 0.900 bits per heavy atom. The number of aliphatic carboxylic acids is 1. The van der Waals surface area contributed by atoms with Crippen LogP contribution in [-0.2, 0) is 14.8 Å². The van der Waals surface area contributed by atoms with Crippen LogP contribution in [0.1, 0.15) is 53.6 Å². The minimum absolute atomic E-state index is 0.0556. The Morgan fingerprint density at radius 2 is 1.45 bits per heavy atom. The highest BCUT2D eigenvalue weighted by Gasteiger charge is 2.38. The van der Waals surface area contributed by atoms with Crippen molar-refractivity contribution in [1.82, 2.24) is 4.90 Å². The number of alkyl halides is 3. The fourth-order valence-electron chi connectivity index (χ4n) is 5.07. The van der Waals surface area contributed by atoms with E-state index in [1.807, 2.05) is 19.9 Å². The highest BCUT2D eigenvalue weighted by molar-refractivity contribution is 7.92. The van der Waals surface area contributed by atoms with Crippen molar-refractivity contribution in [2.24, 2.45) is 0 Å². The van der Waals surface area contributed by atoms with Crippen molar-refractivity contribution in [2.75, 3.05) is 35.8 Å². The summed E-state index contributed by atoms with van der Waals surface area (Å²) in [5.74, 6) is -3.84. The molecule has 0 bridgehead atoms. The van der Waals surface area contributed by atoms with E-state index >= 15 is 0 Å². The van der Waals surface area contributed by atoms with Gasteiger partial charge < -0.3 is 20.0 Å². The van der Waals surface area contributed by atoms with Gasteiger partial charge in [-0.2, -0.15) is 13.2 Å². The second-order valence-electron chi connectivity index (χ2n) is 10.1. The lowest BCUT2D eigenvalue weighted by molar-refractivity contribution is -0.192. The number of nitrogens with one attached hydrogen (secondary N) is 1. The van der Waals surface area contributed by atoms with Crippen molar-refractivity contribution in [3.63, 3.8) is 0 Å². The molecule has 2 aliphatic rings. The third kappa shape index (κ3) is 8.34. The summed E-state index contributed by atoms with van der Waals surface area (Å²) in [6.45, 7) is 7.67. The van der Waals surface area contributed by atoms with Crippen molar-refractivity contribution in [3.05, 3.63) is 53.1 Å². The van der Waals surface area contributed by atoms with Gasteiger partial charge in [0.1, 0.15) is 0 Å². The van der Waals surface area contributed by atoms with Gasteiger partial charge in [0.05, 0.1) is 21.8 Å². The van der Waals surface area contributed by atoms with E-state index in [0.29, 0.717) is 11.7 Å². The fourth-order valence-corrected chi connectivity index (χ4v) is 6.33. The van der Waals surface area contributed by atoms with Gasteiger partial charge in [0.25, 0.3) is 10.0 Å². The smallest absolute Gasteiger partial charge is 0.478 e. The molecule has 0 aliphatic carbocycles. The molecule has 0 atom stereocenters. The molecular weight excluding hydrogens is 551 g/mol. The topological polar surface area (TPSA) is 127 Å². The lowest BCUT2D eigenvalue weighted by Gasteiger charge is -2.41. The molecule has 2 heterocycles. The Morgan fingerprint density at radius 3 is 1.95 bits per heavy atom. The molecule has 0 spiro atoms. The Bertz CT molecular complexity index is 1300. The molecule has 220 valence electrons. The van der Waals surface area contributed by atoms with Gasteiger partial charge >= 0.3 is 18.1 Å². The Labute approximate surface area is 231 Å². The number of aryl methyl sites for hydroxylation is 2. The number of rotatable bonds is 6. The second-order valence-corrected chi connectivity index (χ2v) is 11.8. The number of sulfonamides is 1. The van der Waals surface area contributed by atoms with E-state index in [9.17, 15) is 31.5 Å². The zero-order valence-electron chi connectivity index (χ0n) is 22.4. The molecule has 2 aliphatic heterocycles. The van der Waals surface area contributed by atoms with Crippen LogP contribution in [0.2, 0.25) is 0 Å². The number of benzene rings is 2. The quantitative estimate of drug-likeness (QED) is 0.438. The normalized spacial score (nSPS) is 17.1. The summed E-state index contributed by atoms with van der Waals surface area (Å²) >= 11 is 0. The zero-order chi connectivity index (χ0) is 29.7. The number of hydrogen-bond acceptors (Lipinski definition) is 6. The van der Waals surface area contributed by atoms with Gasteiger partial charge in [-0.3, -0.25) is 4.72 Å². The van der Waals surface area contributed by atoms with Crippen molar-refractivity contribution >= 4 is 33.3 Å². The average molecular weight is 586 g/mol. The number of aromatic carboxylic acids is 1. The van der Waals surface area contributed by atoms with Gasteiger partial charge in [0.15, 0.2) is 0 Å². The van der Waals surface area contributed by atoms with E-state index in [-0.39, 0.29) is 10.5 Å². The molecule has 0 aromatic heterocycles. The maximum Gasteiger partial charge on any atom is 0.490 e. The van der Waals surface area contributed by atoms with Crippen molar-refractivity contribution < 1.29 is 41.4 Å². The summed E-state index contributed by atoms with van der Waals surface area (Å²) in [5.41, 5.74) is 2.81. The largest absolute Gasteiger partial charge is 0.490 e. The zero-order valence-corrected chi connectivity index (χ0v) is 23.2. The molecule has 0 amide bonds. The maximum atomic E-state index is 13.2. The first-order chi connectivity index (χ1) is 18.7. The number of halogens is 3. The van der Waals surface area contributed by atoms with Crippen molar-refractivity contribution in [3.8, 4) is 0 Å². The molecule has 2 saturated heterocycles. The summed E-state index contributed by atoms with van der Waals surface area (Å²) in [6.07, 6.45) is 0.797. The van der Waals surface area contributed by atoms with E-state index in [1.54, 1.807) is 24.3 Å². The van der Waals surface area contributed by atoms with Gasteiger partial charge in [-0.05, 0) is 94.1 Å². The van der Waals surface area contributed by atoms with Gasteiger partial charge in [-0.1, -0.05) is 12.5 Å². The highest BCUT2D eigenvalue weighted by atomic mass is 32.2. The predicted octanol–water partition coefficient (Wildman–Crippen LogP) is 4.89. The minimum Gasteiger partial charge on any atom is -0.478 e. The van der Waals surface area contributed by atoms with E-state index < -0.39 is 28.1 Å². The number of carboxylic acid groups (broad SMARTS) is 2. The van der Waals surface area contributed by atoms with Gasteiger partial charge in [-0.15, -0.1) is 0 Å². The first-order valence-electron chi connectivity index (χ1n) is 12.9. The van der Waals surface area contributed by atoms with Gasteiger partial charge in [-0.25, -0.2) is 18.0 Å². The maximum absolute atomic E-state index is 13.2. The molecule has 9 nitrogen and oxygen atoms in total. The Hall–Kier alpha value is -3.32. The molecule has 3 N–H and O–H groups in total. The Kier molecular flexibility index (Phi) is 10.1. The molecular formula is C27H34F3N3O6S. The van der Waals surface area contributed by atoms with Crippen LogP contribution in [0.4, 0.5) is 24.5 Å². The van der Waals surface area contributed by atoms with Crippen LogP contribution < -0.4 is 9.62 Å². The van der Waals surface area contributed by atoms with E-state index in [1.165, 1.54) is 38.4 Å². The summed E-state index contributed by atoms with van der Waals surface area (Å²) < 4.78 is 60.8. The van der Waals surface area contributed by atoms with Crippen LogP contribution in [-0.4, -0.2) is 73.9 Å². The summed E-state index contributed by atoms with van der Waals surface area (Å²) in [5, 5.41) is 16.6. The van der Waals surface area contributed by atoms with Crippen LogP contribution in [0, 0.1) is 13.8 Å². The van der Waals surface area contributed by atoms with Crippen LogP contribution in [0.25, 0.3) is 0 Å². The SMILES string of the molecule is Cc1cc(C)cc(S(=O)(=O)Nc2cc(C(=O)O)ccc2N2CCC(N3CCCCC3)CC2)c1.O=C(O)C(F)(F)F. The van der Waals surface area contributed by atoms with E-state index in [0.717, 1.165) is 42.7 Å². The Balaban J connectivity index is 0.000000559. The van der Waals surface area contributed by atoms with Crippen molar-refractivity contribution in [2.45, 2.75) is 63.1 Å². The molecule has 0 radical (unpaired) electrons. The third-order valence-electron chi connectivity index (χ3n) is 6.95. The van der Waals surface area contributed by atoms with E-state index in [2.05, 4.69) is 14.5 Å². The number of carbonyl (C=O) groups is 2. The second kappa shape index (κ2) is 12.9. The van der Waals surface area contributed by atoms with Crippen LogP contribution in [0.3, 0.4) is 0 Å². The van der Waals surface area contributed by atoms with Gasteiger partial charge in [0, 0.05) is 19.1 Å². The van der Waals surface area contributed by atoms with Crippen LogP contribution >= 0.6 is 0 Å². The molecule has 0 saturated carbocycles. The molecule has 4 rings (SSSR count). The average Bonchev–Trinajstić information content (AvgIpc) is 2.88. The molecule has 40 heavy (non-hydrogen) atoms. The number of nitrogens with zero attached hydrogens (tertiary/aromatic N) is 2.